The van der Waals surface area contributed by atoms with Gasteiger partial charge in [-0.1, -0.05) is 12.5 Å². The highest BCUT2D eigenvalue weighted by atomic mass is 19.1. The first-order chi connectivity index (χ1) is 8.12. The Bertz CT molecular complexity index is 477. The topological polar surface area (TPSA) is 37.3 Å². The van der Waals surface area contributed by atoms with E-state index in [9.17, 15) is 14.3 Å². The van der Waals surface area contributed by atoms with Gasteiger partial charge in [0.2, 0.25) is 0 Å². The van der Waals surface area contributed by atoms with Crippen molar-refractivity contribution in [1.29, 1.82) is 0 Å². The van der Waals surface area contributed by atoms with E-state index in [1.54, 1.807) is 6.07 Å². The number of fused-ring (bicyclic) bond motifs is 2. The Kier molecular flexibility index (Phi) is 2.25. The molecule has 1 atom stereocenters. The second-order valence-electron chi connectivity index (χ2n) is 5.29. The fraction of sp³-hybridized carbons (Fsp3) is 0.500. The highest BCUT2D eigenvalue weighted by molar-refractivity contribution is 5.77. The van der Waals surface area contributed by atoms with Crippen LogP contribution in [-0.4, -0.2) is 11.1 Å². The van der Waals surface area contributed by atoms with Crippen molar-refractivity contribution in [1.82, 2.24) is 0 Å². The monoisotopic (exact) mass is 234 g/mol. The summed E-state index contributed by atoms with van der Waals surface area (Å²) in [5.74, 6) is -1.68. The van der Waals surface area contributed by atoms with Crippen molar-refractivity contribution >= 4 is 5.97 Å². The molecular weight excluding hydrogens is 219 g/mol. The van der Waals surface area contributed by atoms with Gasteiger partial charge in [0.25, 0.3) is 0 Å². The summed E-state index contributed by atoms with van der Waals surface area (Å²) in [5.41, 5.74) is 1.96. The molecule has 1 aromatic rings. The minimum absolute atomic E-state index is 0.162. The first-order valence-corrected chi connectivity index (χ1v) is 6.15. The Morgan fingerprint density at radius 2 is 2.12 bits per heavy atom. The van der Waals surface area contributed by atoms with Gasteiger partial charge in [0.15, 0.2) is 0 Å². The minimum atomic E-state index is -0.828. The minimum Gasteiger partial charge on any atom is -0.481 e. The van der Waals surface area contributed by atoms with Gasteiger partial charge in [-0.15, -0.1) is 0 Å². The van der Waals surface area contributed by atoms with Gasteiger partial charge in [0.05, 0.1) is 5.92 Å². The third kappa shape index (κ3) is 1.48. The van der Waals surface area contributed by atoms with E-state index in [4.69, 9.17) is 0 Å². The fourth-order valence-electron chi connectivity index (χ4n) is 3.40. The standard InChI is InChI=1S/C14H15FO2/c15-9-2-3-12-11(8-9)10(13(16)17)4-7-14(12)5-1-6-14/h2-3,8,10H,1,4-7H2,(H,16,17). The smallest absolute Gasteiger partial charge is 0.310 e. The number of carbonyl (C=O) groups is 1. The van der Waals surface area contributed by atoms with E-state index < -0.39 is 11.9 Å². The Balaban J connectivity index is 2.12. The van der Waals surface area contributed by atoms with Gasteiger partial charge in [0.1, 0.15) is 5.82 Å². The number of hydrogen-bond donors (Lipinski definition) is 1. The van der Waals surface area contributed by atoms with Crippen LogP contribution < -0.4 is 0 Å². The number of carboxylic acids is 1. The zero-order valence-electron chi connectivity index (χ0n) is 9.58. The van der Waals surface area contributed by atoms with Crippen LogP contribution in [0.5, 0.6) is 0 Å². The molecule has 0 bridgehead atoms. The number of benzene rings is 1. The third-order valence-corrected chi connectivity index (χ3v) is 4.48. The molecule has 0 radical (unpaired) electrons. The normalized spacial score (nSPS) is 25.1. The Hall–Kier alpha value is -1.38. The molecule has 2 nitrogen and oxygen atoms in total. The van der Waals surface area contributed by atoms with Crippen molar-refractivity contribution in [3.63, 3.8) is 0 Å². The van der Waals surface area contributed by atoms with Crippen LogP contribution in [0.3, 0.4) is 0 Å². The van der Waals surface area contributed by atoms with E-state index in [1.165, 1.54) is 18.6 Å². The zero-order valence-corrected chi connectivity index (χ0v) is 9.58. The number of aliphatic carboxylic acids is 1. The average Bonchev–Trinajstić information content (AvgIpc) is 2.24. The molecule has 1 spiro atoms. The van der Waals surface area contributed by atoms with Crippen LogP contribution in [-0.2, 0) is 10.2 Å². The second-order valence-corrected chi connectivity index (χ2v) is 5.29. The van der Waals surface area contributed by atoms with E-state index in [2.05, 4.69) is 0 Å². The van der Waals surface area contributed by atoms with Crippen molar-refractivity contribution < 1.29 is 14.3 Å². The lowest BCUT2D eigenvalue weighted by Gasteiger charge is -2.47. The molecule has 1 N–H and O–H groups in total. The summed E-state index contributed by atoms with van der Waals surface area (Å²) in [6.45, 7) is 0. The third-order valence-electron chi connectivity index (χ3n) is 4.48. The molecule has 0 aliphatic heterocycles. The largest absolute Gasteiger partial charge is 0.481 e. The SMILES string of the molecule is O=C(O)C1CCC2(CCC2)c2ccc(F)cc21. The quantitative estimate of drug-likeness (QED) is 0.810. The first-order valence-electron chi connectivity index (χ1n) is 6.15. The van der Waals surface area contributed by atoms with Crippen LogP contribution in [0.2, 0.25) is 0 Å². The maximum atomic E-state index is 13.3. The van der Waals surface area contributed by atoms with Gasteiger partial charge in [-0.25, -0.2) is 4.39 Å². The lowest BCUT2D eigenvalue weighted by atomic mass is 9.56. The van der Waals surface area contributed by atoms with Crippen LogP contribution in [0.25, 0.3) is 0 Å². The predicted molar refractivity (Wildman–Crippen MR) is 61.5 cm³/mol. The maximum absolute atomic E-state index is 13.3. The van der Waals surface area contributed by atoms with Crippen LogP contribution >= 0.6 is 0 Å². The summed E-state index contributed by atoms with van der Waals surface area (Å²) in [6.07, 6.45) is 5.03. The molecule has 17 heavy (non-hydrogen) atoms. The maximum Gasteiger partial charge on any atom is 0.310 e. The summed E-state index contributed by atoms with van der Waals surface area (Å²) in [5, 5.41) is 9.21. The molecule has 0 amide bonds. The fourth-order valence-corrected chi connectivity index (χ4v) is 3.40. The Morgan fingerprint density at radius 1 is 1.35 bits per heavy atom. The van der Waals surface area contributed by atoms with Crippen molar-refractivity contribution in [3.8, 4) is 0 Å². The molecule has 1 aromatic carbocycles. The molecule has 3 heteroatoms. The van der Waals surface area contributed by atoms with Crippen LogP contribution in [0, 0.1) is 5.82 Å². The lowest BCUT2D eigenvalue weighted by Crippen LogP contribution is -2.39. The predicted octanol–water partition coefficient (Wildman–Crippen LogP) is 3.21. The summed E-state index contributed by atoms with van der Waals surface area (Å²) in [4.78, 5) is 11.2. The van der Waals surface area contributed by atoms with Gasteiger partial charge < -0.3 is 5.11 Å². The van der Waals surface area contributed by atoms with Gasteiger partial charge in [-0.05, 0) is 54.4 Å². The lowest BCUT2D eigenvalue weighted by molar-refractivity contribution is -0.139. The highest BCUT2D eigenvalue weighted by Crippen LogP contribution is 2.53. The van der Waals surface area contributed by atoms with E-state index >= 15 is 0 Å². The Morgan fingerprint density at radius 3 is 2.71 bits per heavy atom. The van der Waals surface area contributed by atoms with Crippen LogP contribution in [0.4, 0.5) is 4.39 Å². The first kappa shape index (κ1) is 10.8. The van der Waals surface area contributed by atoms with E-state index in [-0.39, 0.29) is 11.2 Å². The molecule has 90 valence electrons. The van der Waals surface area contributed by atoms with Crippen molar-refractivity contribution in [2.75, 3.05) is 0 Å². The molecule has 1 saturated carbocycles. The van der Waals surface area contributed by atoms with Crippen LogP contribution in [0.1, 0.15) is 49.1 Å². The molecule has 2 aliphatic rings. The number of hydrogen-bond acceptors (Lipinski definition) is 1. The van der Waals surface area contributed by atoms with Crippen molar-refractivity contribution in [2.45, 2.75) is 43.4 Å². The number of rotatable bonds is 1. The van der Waals surface area contributed by atoms with Gasteiger partial charge in [-0.3, -0.25) is 4.79 Å². The number of halogens is 1. The molecule has 1 fully saturated rings. The summed E-state index contributed by atoms with van der Waals surface area (Å²) in [6, 6.07) is 4.69. The molecule has 3 rings (SSSR count). The summed E-state index contributed by atoms with van der Waals surface area (Å²) < 4.78 is 13.3. The molecule has 1 unspecified atom stereocenters. The molecule has 0 heterocycles. The molecule has 2 aliphatic carbocycles. The summed E-state index contributed by atoms with van der Waals surface area (Å²) in [7, 11) is 0. The zero-order chi connectivity index (χ0) is 12.0. The highest BCUT2D eigenvalue weighted by Gasteiger charge is 2.45. The van der Waals surface area contributed by atoms with E-state index in [1.807, 2.05) is 0 Å². The van der Waals surface area contributed by atoms with Gasteiger partial charge in [-0.2, -0.15) is 0 Å². The summed E-state index contributed by atoms with van der Waals surface area (Å²) >= 11 is 0. The van der Waals surface area contributed by atoms with Crippen molar-refractivity contribution in [3.05, 3.63) is 35.1 Å². The molecular formula is C14H15FO2. The van der Waals surface area contributed by atoms with E-state index in [0.717, 1.165) is 24.8 Å². The van der Waals surface area contributed by atoms with Crippen LogP contribution in [0.15, 0.2) is 18.2 Å². The van der Waals surface area contributed by atoms with Crippen molar-refractivity contribution in [2.24, 2.45) is 0 Å². The number of carboxylic acid groups (broad SMARTS) is 1. The average molecular weight is 234 g/mol. The molecule has 0 aromatic heterocycles. The second kappa shape index (κ2) is 3.56. The van der Waals surface area contributed by atoms with Gasteiger partial charge >= 0.3 is 5.97 Å². The van der Waals surface area contributed by atoms with Gasteiger partial charge in [0, 0.05) is 0 Å². The molecule has 0 saturated heterocycles. The Labute approximate surface area is 99.5 Å². The van der Waals surface area contributed by atoms with E-state index in [0.29, 0.717) is 12.0 Å².